The van der Waals surface area contributed by atoms with Crippen LogP contribution in [0.25, 0.3) is 11.1 Å². The van der Waals surface area contributed by atoms with E-state index in [0.29, 0.717) is 23.1 Å². The van der Waals surface area contributed by atoms with E-state index in [0.717, 1.165) is 28.1 Å². The van der Waals surface area contributed by atoms with Crippen LogP contribution in [-0.2, 0) is 0 Å². The third-order valence-corrected chi connectivity index (χ3v) is 4.13. The molecule has 1 aliphatic heterocycles. The molecule has 0 spiro atoms. The van der Waals surface area contributed by atoms with Gasteiger partial charge in [-0.3, -0.25) is 0 Å². The van der Waals surface area contributed by atoms with Crippen LogP contribution in [0, 0.1) is 6.92 Å². The zero-order chi connectivity index (χ0) is 15.0. The van der Waals surface area contributed by atoms with Gasteiger partial charge in [-0.2, -0.15) is 0 Å². The lowest BCUT2D eigenvalue weighted by Gasteiger charge is -2.28. The molecule has 21 heavy (non-hydrogen) atoms. The predicted molar refractivity (Wildman–Crippen MR) is 88.6 cm³/mol. The lowest BCUT2D eigenvalue weighted by molar-refractivity contribution is 0.215. The first-order valence-corrected chi connectivity index (χ1v) is 7.55. The third-order valence-electron chi connectivity index (χ3n) is 3.54. The van der Waals surface area contributed by atoms with Crippen molar-refractivity contribution in [2.45, 2.75) is 13.0 Å². The highest BCUT2D eigenvalue weighted by atomic mass is 35.5. The molecule has 0 saturated carbocycles. The molecule has 3 nitrogen and oxygen atoms in total. The van der Waals surface area contributed by atoms with Crippen LogP contribution < -0.4 is 15.8 Å². The summed E-state index contributed by atoms with van der Waals surface area (Å²) in [6.07, 6.45) is -0.0540. The fraction of sp³-hybridized carbons (Fsp3) is 0.250. The van der Waals surface area contributed by atoms with Crippen molar-refractivity contribution in [3.8, 4) is 16.9 Å². The van der Waals surface area contributed by atoms with Crippen molar-refractivity contribution < 1.29 is 4.74 Å². The lowest BCUT2D eigenvalue weighted by Crippen LogP contribution is -2.37. The quantitative estimate of drug-likeness (QED) is 0.875. The van der Waals surface area contributed by atoms with Gasteiger partial charge in [0.1, 0.15) is 6.10 Å². The van der Waals surface area contributed by atoms with Crippen LogP contribution in [-0.4, -0.2) is 19.2 Å². The molecule has 0 fully saturated rings. The number of para-hydroxylation sites is 1. The molecule has 110 valence electrons. The minimum Gasteiger partial charge on any atom is -0.484 e. The van der Waals surface area contributed by atoms with Crippen molar-refractivity contribution in [2.75, 3.05) is 18.4 Å². The minimum atomic E-state index is -0.0540. The van der Waals surface area contributed by atoms with Crippen LogP contribution in [0.1, 0.15) is 5.56 Å². The largest absolute Gasteiger partial charge is 0.484 e. The Morgan fingerprint density at radius 2 is 2.00 bits per heavy atom. The number of halogens is 2. The molecule has 3 N–H and O–H groups in total. The van der Waals surface area contributed by atoms with Crippen LogP contribution in [0.5, 0.6) is 5.75 Å². The van der Waals surface area contributed by atoms with E-state index in [-0.39, 0.29) is 6.10 Å². The Morgan fingerprint density at radius 3 is 2.67 bits per heavy atom. The Labute approximate surface area is 134 Å². The molecule has 0 aliphatic carbocycles. The molecule has 3 rings (SSSR count). The fourth-order valence-electron chi connectivity index (χ4n) is 2.52. The number of aryl methyl sites for hydroxylation is 1. The van der Waals surface area contributed by atoms with Crippen LogP contribution in [0.4, 0.5) is 5.69 Å². The van der Waals surface area contributed by atoms with E-state index in [9.17, 15) is 0 Å². The van der Waals surface area contributed by atoms with Gasteiger partial charge in [-0.15, -0.1) is 0 Å². The van der Waals surface area contributed by atoms with Crippen molar-refractivity contribution in [3.05, 3.63) is 45.9 Å². The Morgan fingerprint density at radius 1 is 1.29 bits per heavy atom. The number of nitrogens with one attached hydrogen (secondary N) is 1. The number of fused-ring (bicyclic) bond motifs is 1. The van der Waals surface area contributed by atoms with E-state index in [4.69, 9.17) is 33.7 Å². The Bertz CT molecular complexity index is 665. The Hall–Kier alpha value is -1.42. The van der Waals surface area contributed by atoms with Gasteiger partial charge >= 0.3 is 0 Å². The molecule has 1 heterocycles. The molecular formula is C16H16Cl2N2O. The number of hydrogen-bond donors (Lipinski definition) is 2. The second-order valence-electron chi connectivity index (χ2n) is 5.14. The van der Waals surface area contributed by atoms with Crippen molar-refractivity contribution in [1.29, 1.82) is 0 Å². The van der Waals surface area contributed by atoms with Gasteiger partial charge in [0.05, 0.1) is 22.3 Å². The summed E-state index contributed by atoms with van der Waals surface area (Å²) < 4.78 is 6.00. The van der Waals surface area contributed by atoms with Gasteiger partial charge in [0.25, 0.3) is 0 Å². The van der Waals surface area contributed by atoms with Gasteiger partial charge in [-0.1, -0.05) is 35.3 Å². The second kappa shape index (κ2) is 5.76. The SMILES string of the molecule is Cc1cc(Cl)c(-c2cccc3c2O[C@H](CN)CN3)c(Cl)c1. The van der Waals surface area contributed by atoms with Gasteiger partial charge in [0.15, 0.2) is 5.75 Å². The highest BCUT2D eigenvalue weighted by Gasteiger charge is 2.23. The molecule has 0 bridgehead atoms. The van der Waals surface area contributed by atoms with Gasteiger partial charge in [-0.25, -0.2) is 0 Å². The molecular weight excluding hydrogens is 307 g/mol. The van der Waals surface area contributed by atoms with Gasteiger partial charge < -0.3 is 15.8 Å². The van der Waals surface area contributed by atoms with E-state index in [1.54, 1.807) is 0 Å². The average molecular weight is 323 g/mol. The average Bonchev–Trinajstić information content (AvgIpc) is 2.46. The van der Waals surface area contributed by atoms with E-state index in [1.807, 2.05) is 37.3 Å². The molecule has 5 heteroatoms. The topological polar surface area (TPSA) is 47.3 Å². The summed E-state index contributed by atoms with van der Waals surface area (Å²) in [6.45, 7) is 3.11. The molecule has 0 aromatic heterocycles. The first kappa shape index (κ1) is 14.5. The van der Waals surface area contributed by atoms with E-state index >= 15 is 0 Å². The van der Waals surface area contributed by atoms with Gasteiger partial charge in [0, 0.05) is 17.7 Å². The summed E-state index contributed by atoms with van der Waals surface area (Å²) in [5.74, 6) is 0.756. The van der Waals surface area contributed by atoms with Crippen LogP contribution in [0.2, 0.25) is 10.0 Å². The summed E-state index contributed by atoms with van der Waals surface area (Å²) in [6, 6.07) is 9.70. The maximum Gasteiger partial charge on any atom is 0.150 e. The Balaban J connectivity index is 2.17. The monoisotopic (exact) mass is 322 g/mol. The van der Waals surface area contributed by atoms with Crippen LogP contribution in [0.15, 0.2) is 30.3 Å². The van der Waals surface area contributed by atoms with Crippen LogP contribution in [0.3, 0.4) is 0 Å². The standard InChI is InChI=1S/C16H16Cl2N2O/c1-9-5-12(17)15(13(18)6-9)11-3-2-4-14-16(11)21-10(7-19)8-20-14/h2-6,10,20H,7-8,19H2,1H3/t10-/m1/s1. The molecule has 1 atom stereocenters. The number of ether oxygens (including phenoxy) is 1. The number of benzene rings is 2. The van der Waals surface area contributed by atoms with E-state index in [1.165, 1.54) is 0 Å². The number of anilines is 1. The normalized spacial score (nSPS) is 16.9. The molecule has 2 aromatic rings. The van der Waals surface area contributed by atoms with Crippen molar-refractivity contribution in [1.82, 2.24) is 0 Å². The highest BCUT2D eigenvalue weighted by molar-refractivity contribution is 6.39. The third kappa shape index (κ3) is 2.69. The predicted octanol–water partition coefficient (Wildman–Crippen LogP) is 4.10. The summed E-state index contributed by atoms with van der Waals surface area (Å²) >= 11 is 12.8. The smallest absolute Gasteiger partial charge is 0.150 e. The molecule has 0 radical (unpaired) electrons. The fourth-order valence-corrected chi connectivity index (χ4v) is 3.32. The maximum atomic E-state index is 6.40. The zero-order valence-corrected chi connectivity index (χ0v) is 13.1. The minimum absolute atomic E-state index is 0.0540. The van der Waals surface area contributed by atoms with Crippen molar-refractivity contribution in [2.24, 2.45) is 5.73 Å². The first-order valence-electron chi connectivity index (χ1n) is 6.79. The summed E-state index contributed by atoms with van der Waals surface area (Å²) in [5.41, 5.74) is 9.35. The molecule has 0 saturated heterocycles. The molecule has 2 aromatic carbocycles. The van der Waals surface area contributed by atoms with Crippen LogP contribution >= 0.6 is 23.2 Å². The molecule has 0 amide bonds. The molecule has 1 aliphatic rings. The number of rotatable bonds is 2. The van der Waals surface area contributed by atoms with Crippen molar-refractivity contribution in [3.63, 3.8) is 0 Å². The zero-order valence-electron chi connectivity index (χ0n) is 11.6. The Kier molecular flexibility index (Phi) is 3.98. The first-order chi connectivity index (χ1) is 10.1. The van der Waals surface area contributed by atoms with Crippen molar-refractivity contribution >= 4 is 28.9 Å². The maximum absolute atomic E-state index is 6.40. The number of hydrogen-bond acceptors (Lipinski definition) is 3. The van der Waals surface area contributed by atoms with Gasteiger partial charge in [0.2, 0.25) is 0 Å². The van der Waals surface area contributed by atoms with E-state index in [2.05, 4.69) is 5.32 Å². The van der Waals surface area contributed by atoms with E-state index < -0.39 is 0 Å². The lowest BCUT2D eigenvalue weighted by atomic mass is 10.0. The number of nitrogens with two attached hydrogens (primary N) is 1. The summed E-state index contributed by atoms with van der Waals surface area (Å²) in [4.78, 5) is 0. The van der Waals surface area contributed by atoms with Gasteiger partial charge in [-0.05, 0) is 30.7 Å². The second-order valence-corrected chi connectivity index (χ2v) is 5.96. The molecule has 0 unspecified atom stereocenters. The summed E-state index contributed by atoms with van der Waals surface area (Å²) in [7, 11) is 0. The summed E-state index contributed by atoms with van der Waals surface area (Å²) in [5, 5.41) is 4.57. The highest BCUT2D eigenvalue weighted by Crippen LogP contribution is 2.44.